The molecule has 2 aliphatic heterocycles. The molecule has 0 aliphatic carbocycles. The van der Waals surface area contributed by atoms with Gasteiger partial charge in [0.25, 0.3) is 0 Å². The number of esters is 2. The van der Waals surface area contributed by atoms with Crippen molar-refractivity contribution >= 4 is 17.7 Å². The molecule has 0 spiro atoms. The van der Waals surface area contributed by atoms with Gasteiger partial charge in [-0.25, -0.2) is 0 Å². The number of ether oxygens (including phenoxy) is 2. The summed E-state index contributed by atoms with van der Waals surface area (Å²) in [5, 5.41) is 0. The number of hydrogen-bond donors (Lipinski definition) is 0. The fourth-order valence-electron chi connectivity index (χ4n) is 5.61. The van der Waals surface area contributed by atoms with E-state index in [9.17, 15) is 14.4 Å². The normalized spacial score (nSPS) is 27.9. The largest absolute Gasteiger partial charge is 2.00 e. The van der Waals surface area contributed by atoms with Gasteiger partial charge in [-0.3, -0.25) is 29.3 Å². The van der Waals surface area contributed by atoms with Gasteiger partial charge in [0.05, 0.1) is 37.7 Å². The maximum absolute atomic E-state index is 14.4. The van der Waals surface area contributed by atoms with Crippen molar-refractivity contribution in [3.05, 3.63) is 60.2 Å². The zero-order valence-corrected chi connectivity index (χ0v) is 22.3. The number of pyridine rings is 2. The number of nitrogens with zero attached hydrogens (tertiary/aromatic N) is 4. The van der Waals surface area contributed by atoms with Crippen LogP contribution in [-0.4, -0.2) is 78.9 Å². The van der Waals surface area contributed by atoms with Crippen LogP contribution in [0.25, 0.3) is 0 Å². The molecule has 4 rings (SSSR count). The number of likely N-dealkylation sites (tertiary alicyclic amines) is 2. The first-order chi connectivity index (χ1) is 15.3. The molecule has 2 aromatic rings. The summed E-state index contributed by atoms with van der Waals surface area (Å²) in [6.45, 7) is 0.162. The van der Waals surface area contributed by atoms with Gasteiger partial charge in [0.1, 0.15) is 0 Å². The summed E-state index contributed by atoms with van der Waals surface area (Å²) in [4.78, 5) is 53.8. The molecule has 4 unspecified atom stereocenters. The Kier molecular flexibility index (Phi) is 10.4. The third-order valence-corrected chi connectivity index (χ3v) is 6.63. The Labute approximate surface area is 227 Å². The number of methoxy groups -OCH3 is 2. The van der Waals surface area contributed by atoms with Crippen molar-refractivity contribution in [1.82, 2.24) is 19.8 Å². The van der Waals surface area contributed by atoms with Gasteiger partial charge < -0.3 is 39.2 Å². The molecular formula is C23H26Cl2MnN4O5. The molecule has 0 amide bonds. The fraction of sp³-hybridized carbons (Fsp3) is 0.435. The third-order valence-electron chi connectivity index (χ3n) is 6.63. The predicted octanol–water partition coefficient (Wildman–Crippen LogP) is -4.96. The smallest absolute Gasteiger partial charge is 1.00 e. The van der Waals surface area contributed by atoms with E-state index in [1.807, 2.05) is 9.80 Å². The van der Waals surface area contributed by atoms with E-state index < -0.39 is 40.6 Å². The quantitative estimate of drug-likeness (QED) is 0.206. The van der Waals surface area contributed by atoms with E-state index in [-0.39, 0.29) is 55.0 Å². The van der Waals surface area contributed by atoms with Gasteiger partial charge in [0, 0.05) is 25.5 Å². The second-order valence-electron chi connectivity index (χ2n) is 8.41. The predicted molar refractivity (Wildman–Crippen MR) is 113 cm³/mol. The van der Waals surface area contributed by atoms with Crippen molar-refractivity contribution in [2.24, 2.45) is 10.8 Å². The maximum atomic E-state index is 14.4. The molecule has 2 saturated heterocycles. The van der Waals surface area contributed by atoms with Crippen LogP contribution >= 0.6 is 0 Å². The van der Waals surface area contributed by atoms with Crippen LogP contribution in [0.4, 0.5) is 0 Å². The standard InChI is InChI=1S/C23H26N4O5.2ClH.Mn/c1-26-13-22(20(29)31-3)17(15-9-5-7-11-24-15)27(2)18(16-10-6-8-12-25-16)23(14-26,19(22)28)21(30)32-4;;;/h5-12,17-18H,13-14H2,1-4H3;2*1H;/q;;;+2/p-2. The molecule has 4 heterocycles. The summed E-state index contributed by atoms with van der Waals surface area (Å²) in [5.74, 6) is -1.93. The topological polar surface area (TPSA) is 102 Å². The van der Waals surface area contributed by atoms with E-state index in [1.54, 1.807) is 62.9 Å². The fourth-order valence-corrected chi connectivity index (χ4v) is 5.61. The molecule has 0 aromatic carbocycles. The summed E-state index contributed by atoms with van der Waals surface area (Å²) < 4.78 is 10.4. The number of carbonyl (C=O) groups excluding carboxylic acids is 3. The summed E-state index contributed by atoms with van der Waals surface area (Å²) in [7, 11) is 6.06. The van der Waals surface area contributed by atoms with Gasteiger partial charge in [-0.1, -0.05) is 12.1 Å². The molecule has 0 N–H and O–H groups in total. The van der Waals surface area contributed by atoms with Gasteiger partial charge in [0.15, 0.2) is 16.6 Å². The number of Topliss-reactive ketones (excluding diaryl/α,β-unsaturated/α-hetero) is 1. The van der Waals surface area contributed by atoms with Crippen LogP contribution < -0.4 is 24.8 Å². The van der Waals surface area contributed by atoms with Crippen molar-refractivity contribution in [1.29, 1.82) is 0 Å². The van der Waals surface area contributed by atoms with Crippen LogP contribution in [-0.2, 0) is 40.9 Å². The zero-order chi connectivity index (χ0) is 23.1. The van der Waals surface area contributed by atoms with Crippen LogP contribution in [0.2, 0.25) is 0 Å². The second kappa shape index (κ2) is 11.8. The van der Waals surface area contributed by atoms with Crippen LogP contribution in [0.15, 0.2) is 48.8 Å². The van der Waals surface area contributed by atoms with E-state index in [4.69, 9.17) is 9.47 Å². The molecule has 2 fully saturated rings. The SMILES string of the molecule is COC(=O)C12CN(C)CC(C(=O)OC)(C1=O)C(c1ccccn1)N(C)C2c1ccccn1.[Cl-].[Cl-].[Mn+2]. The molecule has 4 atom stereocenters. The monoisotopic (exact) mass is 563 g/mol. The Balaban J connectivity index is 0.00000204. The Bertz CT molecular complexity index is 971. The average molecular weight is 564 g/mol. The number of carbonyl (C=O) groups is 3. The number of halogens is 2. The number of rotatable bonds is 4. The van der Waals surface area contributed by atoms with E-state index in [2.05, 4.69) is 9.97 Å². The molecule has 2 bridgehead atoms. The molecule has 2 aliphatic rings. The Morgan fingerprint density at radius 2 is 1.26 bits per heavy atom. The van der Waals surface area contributed by atoms with Crippen LogP contribution in [0.1, 0.15) is 23.5 Å². The van der Waals surface area contributed by atoms with Crippen molar-refractivity contribution in [2.75, 3.05) is 41.4 Å². The van der Waals surface area contributed by atoms with Crippen LogP contribution in [0.3, 0.4) is 0 Å². The summed E-state index contributed by atoms with van der Waals surface area (Å²) >= 11 is 0. The van der Waals surface area contributed by atoms with Gasteiger partial charge in [-0.15, -0.1) is 0 Å². The van der Waals surface area contributed by atoms with E-state index in [0.717, 1.165) is 0 Å². The number of ketones is 1. The van der Waals surface area contributed by atoms with E-state index >= 15 is 0 Å². The van der Waals surface area contributed by atoms with E-state index in [0.29, 0.717) is 11.4 Å². The van der Waals surface area contributed by atoms with Crippen molar-refractivity contribution in [2.45, 2.75) is 12.1 Å². The molecule has 9 nitrogen and oxygen atoms in total. The molecule has 189 valence electrons. The Morgan fingerprint density at radius 1 is 0.857 bits per heavy atom. The summed E-state index contributed by atoms with van der Waals surface area (Å²) in [6, 6.07) is 9.11. The van der Waals surface area contributed by atoms with Gasteiger partial charge in [-0.2, -0.15) is 0 Å². The zero-order valence-electron chi connectivity index (χ0n) is 19.7. The number of aromatic nitrogens is 2. The summed E-state index contributed by atoms with van der Waals surface area (Å²) in [6.07, 6.45) is 3.23. The minimum atomic E-state index is -1.68. The molecule has 12 heteroatoms. The first-order valence-corrected chi connectivity index (χ1v) is 10.3. The molecule has 2 aromatic heterocycles. The second-order valence-corrected chi connectivity index (χ2v) is 8.41. The molecule has 35 heavy (non-hydrogen) atoms. The van der Waals surface area contributed by atoms with Gasteiger partial charge in [-0.05, 0) is 38.4 Å². The first kappa shape index (κ1) is 31.0. The van der Waals surface area contributed by atoms with E-state index in [1.165, 1.54) is 14.2 Å². The number of piperidine rings is 2. The first-order valence-electron chi connectivity index (χ1n) is 10.3. The van der Waals surface area contributed by atoms with Crippen LogP contribution in [0.5, 0.6) is 0 Å². The van der Waals surface area contributed by atoms with Crippen molar-refractivity contribution in [3.8, 4) is 0 Å². The van der Waals surface area contributed by atoms with Gasteiger partial charge >= 0.3 is 29.0 Å². The summed E-state index contributed by atoms with van der Waals surface area (Å²) in [5.41, 5.74) is -2.29. The minimum Gasteiger partial charge on any atom is -1.00 e. The molecule has 1 radical (unpaired) electrons. The number of fused-ring (bicyclic) bond motifs is 2. The Hall–Kier alpha value is -2.07. The third kappa shape index (κ3) is 4.48. The van der Waals surface area contributed by atoms with Crippen molar-refractivity contribution in [3.63, 3.8) is 0 Å². The Morgan fingerprint density at radius 3 is 1.57 bits per heavy atom. The molecular weight excluding hydrogens is 538 g/mol. The minimum absolute atomic E-state index is 0. The molecule has 0 saturated carbocycles. The van der Waals surface area contributed by atoms with Crippen molar-refractivity contribution < 1.29 is 65.7 Å². The van der Waals surface area contributed by atoms with Gasteiger partial charge in [0.2, 0.25) is 0 Å². The van der Waals surface area contributed by atoms with Crippen LogP contribution in [0, 0.1) is 10.8 Å². The average Bonchev–Trinajstić information content (AvgIpc) is 2.81. The maximum Gasteiger partial charge on any atom is 2.00 e. The number of hydrogen-bond acceptors (Lipinski definition) is 9.